The molecule has 7 heteroatoms. The van der Waals surface area contributed by atoms with Gasteiger partial charge in [-0.2, -0.15) is 8.42 Å². The molecule has 0 heterocycles. The Balaban J connectivity index is 0. The second-order valence-electron chi connectivity index (χ2n) is 2.30. The second kappa shape index (κ2) is 8.15. The Kier molecular flexibility index (Phi) is 10.2. The molecule has 0 aromatic heterocycles. The molecular formula is C5H12NNaO4S. The predicted octanol–water partition coefficient (Wildman–Crippen LogP) is -1.20. The number of rotatable bonds is 3. The van der Waals surface area contributed by atoms with Crippen LogP contribution in [0.1, 0.15) is 6.92 Å². The van der Waals surface area contributed by atoms with Gasteiger partial charge in [0.1, 0.15) is 0 Å². The zero-order valence-corrected chi connectivity index (χ0v) is 10.3. The molecule has 0 unspecified atom stereocenters. The fraction of sp³-hybridized carbons (Fsp3) is 0.800. The number of carbonyl (C=O) groups is 1. The van der Waals surface area contributed by atoms with Gasteiger partial charge in [0.25, 0.3) is 10.1 Å². The van der Waals surface area contributed by atoms with E-state index >= 15 is 0 Å². The van der Waals surface area contributed by atoms with E-state index in [2.05, 4.69) is 5.32 Å². The van der Waals surface area contributed by atoms with Crippen molar-refractivity contribution in [3.05, 3.63) is 0 Å². The number of hydrogen-bond donors (Lipinski definition) is 2. The van der Waals surface area contributed by atoms with Crippen LogP contribution in [-0.2, 0) is 14.9 Å². The SMILES string of the molecule is CNCCS(=O)(=O)O.C[C](=O)[Na]. The molecule has 2 N–H and O–H groups in total. The summed E-state index contributed by atoms with van der Waals surface area (Å²) in [6.07, 6.45) is 0. The molecule has 0 spiro atoms. The molecule has 0 aliphatic heterocycles. The summed E-state index contributed by atoms with van der Waals surface area (Å²) in [5, 5.41) is 2.59. The first-order valence-electron chi connectivity index (χ1n) is 3.36. The summed E-state index contributed by atoms with van der Waals surface area (Å²) in [7, 11) is -2.13. The molecular weight excluding hydrogens is 193 g/mol. The van der Waals surface area contributed by atoms with Gasteiger partial charge in [-0.15, -0.1) is 0 Å². The second-order valence-corrected chi connectivity index (χ2v) is 5.28. The predicted molar refractivity (Wildman–Crippen MR) is 46.8 cm³/mol. The third-order valence-electron chi connectivity index (χ3n) is 0.610. The fourth-order valence-corrected chi connectivity index (χ4v) is 0.693. The Bertz CT molecular complexity index is 209. The van der Waals surface area contributed by atoms with E-state index in [0.717, 1.165) is 0 Å². The average molecular weight is 205 g/mol. The molecule has 12 heavy (non-hydrogen) atoms. The van der Waals surface area contributed by atoms with Crippen LogP contribution in [0, 0.1) is 0 Å². The van der Waals surface area contributed by atoms with E-state index in [4.69, 9.17) is 4.55 Å². The zero-order chi connectivity index (χ0) is 10.2. The molecule has 0 saturated heterocycles. The molecule has 0 aliphatic carbocycles. The van der Waals surface area contributed by atoms with Gasteiger partial charge in [0.05, 0.1) is 5.75 Å². The topological polar surface area (TPSA) is 83.5 Å². The molecule has 5 nitrogen and oxygen atoms in total. The van der Waals surface area contributed by atoms with Crippen LogP contribution in [0.4, 0.5) is 0 Å². The quantitative estimate of drug-likeness (QED) is 0.446. The summed E-state index contributed by atoms with van der Waals surface area (Å²) < 4.78 is 28.2. The summed E-state index contributed by atoms with van der Waals surface area (Å²) in [4.78, 5) is 9.51. The van der Waals surface area contributed by atoms with Crippen LogP contribution in [0.2, 0.25) is 0 Å². The van der Waals surface area contributed by atoms with Crippen molar-refractivity contribution < 1.29 is 17.8 Å². The Hall–Kier alpha value is 0.540. The van der Waals surface area contributed by atoms with Crippen LogP contribution in [0.15, 0.2) is 0 Å². The molecule has 0 aromatic rings. The number of carbonyl (C=O) groups excluding carboxylic acids is 1. The molecule has 0 saturated carbocycles. The first kappa shape index (κ1) is 15.0. The van der Waals surface area contributed by atoms with E-state index in [1.807, 2.05) is 0 Å². The molecule has 68 valence electrons. The van der Waals surface area contributed by atoms with Crippen LogP contribution in [0.3, 0.4) is 0 Å². The fourth-order valence-electron chi connectivity index (χ4n) is 0.231. The molecule has 0 fully saturated rings. The molecule has 0 atom stereocenters. The number of nitrogens with one attached hydrogen (secondary N) is 1. The van der Waals surface area contributed by atoms with Gasteiger partial charge in [0, 0.05) is 6.54 Å². The normalized spacial score (nSPS) is 10.1. The Labute approximate surface area is 90.1 Å². The van der Waals surface area contributed by atoms with E-state index in [9.17, 15) is 13.2 Å². The molecule has 0 bridgehead atoms. The van der Waals surface area contributed by atoms with Crippen molar-refractivity contribution in [3.8, 4) is 0 Å². The van der Waals surface area contributed by atoms with Crippen molar-refractivity contribution in [2.45, 2.75) is 6.92 Å². The van der Waals surface area contributed by atoms with E-state index in [1.165, 1.54) is 0 Å². The van der Waals surface area contributed by atoms with Gasteiger partial charge in [-0.05, 0) is 7.05 Å². The monoisotopic (exact) mass is 205 g/mol. The Morgan fingerprint density at radius 2 is 1.92 bits per heavy atom. The van der Waals surface area contributed by atoms with E-state index in [0.29, 0.717) is 37.5 Å². The van der Waals surface area contributed by atoms with Crippen LogP contribution < -0.4 is 5.32 Å². The van der Waals surface area contributed by atoms with Gasteiger partial charge in [-0.3, -0.25) is 4.55 Å². The van der Waals surface area contributed by atoms with E-state index in [-0.39, 0.29) is 5.75 Å². The van der Waals surface area contributed by atoms with Crippen LogP contribution in [0.25, 0.3) is 0 Å². The molecule has 0 aromatic carbocycles. The van der Waals surface area contributed by atoms with Gasteiger partial charge >= 0.3 is 42.7 Å². The summed E-state index contributed by atoms with van der Waals surface area (Å²) in [5.74, 6) is -0.219. The zero-order valence-electron chi connectivity index (χ0n) is 7.49. The van der Waals surface area contributed by atoms with E-state index < -0.39 is 10.1 Å². The van der Waals surface area contributed by atoms with Crippen molar-refractivity contribution in [3.63, 3.8) is 0 Å². The molecule has 0 amide bonds. The average Bonchev–Trinajstić information content (AvgIpc) is 1.80. The maximum atomic E-state index is 9.91. The van der Waals surface area contributed by atoms with Crippen LogP contribution >= 0.6 is 0 Å². The summed E-state index contributed by atoms with van der Waals surface area (Å²) in [6.45, 7) is 1.88. The minimum atomic E-state index is -3.75. The van der Waals surface area contributed by atoms with Crippen LogP contribution in [-0.4, -0.2) is 63.3 Å². The standard InChI is InChI=1S/C3H9NO3S.C2H3O.Na/c1-4-2-3-8(5,6)7;1-2-3;/h4H,2-3H2,1H3,(H,5,6,7);1H3;. The van der Waals surface area contributed by atoms with Gasteiger partial charge in [-0.25, -0.2) is 0 Å². The minimum absolute atomic E-state index is 0.219. The Morgan fingerprint density at radius 1 is 1.58 bits per heavy atom. The Morgan fingerprint density at radius 3 is 2.00 bits per heavy atom. The van der Waals surface area contributed by atoms with Crippen molar-refractivity contribution in [2.75, 3.05) is 19.3 Å². The van der Waals surface area contributed by atoms with Gasteiger partial charge < -0.3 is 5.32 Å². The molecule has 0 radical (unpaired) electrons. The van der Waals surface area contributed by atoms with Gasteiger partial charge in [0.15, 0.2) is 0 Å². The van der Waals surface area contributed by atoms with Gasteiger partial charge in [-0.1, -0.05) is 0 Å². The summed E-state index contributed by atoms with van der Waals surface area (Å²) in [5.41, 5.74) is 0. The van der Waals surface area contributed by atoms with Crippen molar-refractivity contribution in [1.82, 2.24) is 5.32 Å². The third-order valence-corrected chi connectivity index (χ3v) is 1.33. The van der Waals surface area contributed by atoms with Gasteiger partial charge in [0.2, 0.25) is 0 Å². The summed E-state index contributed by atoms with van der Waals surface area (Å²) >= 11 is 0.710. The van der Waals surface area contributed by atoms with Crippen LogP contribution in [0.5, 0.6) is 0 Å². The first-order chi connectivity index (χ1) is 5.29. The van der Waals surface area contributed by atoms with Crippen molar-refractivity contribution in [2.24, 2.45) is 0 Å². The molecule has 0 aliphatic rings. The first-order valence-corrected chi connectivity index (χ1v) is 5.97. The van der Waals surface area contributed by atoms with Crippen molar-refractivity contribution >= 4 is 41.1 Å². The summed E-state index contributed by atoms with van der Waals surface area (Å²) in [6, 6.07) is 0. The number of hydrogen-bond acceptors (Lipinski definition) is 4. The third kappa shape index (κ3) is 31.3. The molecule has 0 rings (SSSR count). The maximum absolute atomic E-state index is 9.91. The van der Waals surface area contributed by atoms with E-state index in [1.54, 1.807) is 14.0 Å². The van der Waals surface area contributed by atoms with Crippen molar-refractivity contribution in [1.29, 1.82) is 0 Å².